The number of esters is 1. The fourth-order valence-corrected chi connectivity index (χ4v) is 4.42. The normalized spacial score (nSPS) is 30.2. The van der Waals surface area contributed by atoms with Gasteiger partial charge >= 0.3 is 11.9 Å². The van der Waals surface area contributed by atoms with Gasteiger partial charge in [-0.15, -0.1) is 0 Å². The van der Waals surface area contributed by atoms with Crippen LogP contribution in [-0.2, 0) is 14.3 Å². The van der Waals surface area contributed by atoms with Gasteiger partial charge in [-0.1, -0.05) is 23.8 Å². The van der Waals surface area contributed by atoms with Gasteiger partial charge in [-0.3, -0.25) is 4.79 Å². The molecule has 4 atom stereocenters. The van der Waals surface area contributed by atoms with Crippen molar-refractivity contribution in [3.8, 4) is 0 Å². The Kier molecular flexibility index (Phi) is 3.95. The molecule has 2 aliphatic carbocycles. The van der Waals surface area contributed by atoms with E-state index >= 15 is 0 Å². The predicted molar refractivity (Wildman–Crippen MR) is 86.2 cm³/mol. The summed E-state index contributed by atoms with van der Waals surface area (Å²) in [5.41, 5.74) is 1.78. The molecule has 2 aliphatic rings. The van der Waals surface area contributed by atoms with Crippen LogP contribution < -0.4 is 0 Å². The summed E-state index contributed by atoms with van der Waals surface area (Å²) in [6, 6.07) is 5.94. The maximum atomic E-state index is 12.6. The molecule has 4 unspecified atom stereocenters. The third-order valence-electron chi connectivity index (χ3n) is 5.68. The maximum Gasteiger partial charge on any atom is 0.348 e. The first-order chi connectivity index (χ1) is 10.8. The zero-order valence-corrected chi connectivity index (χ0v) is 14.0. The molecule has 3 rings (SSSR count). The third-order valence-corrected chi connectivity index (χ3v) is 5.68. The van der Waals surface area contributed by atoms with E-state index in [4.69, 9.17) is 4.74 Å². The first-order valence-corrected chi connectivity index (χ1v) is 8.37. The fraction of sp³-hybridized carbons (Fsp3) is 0.579. The lowest BCUT2D eigenvalue weighted by molar-refractivity contribution is -0.186. The second-order valence-corrected chi connectivity index (χ2v) is 7.28. The van der Waals surface area contributed by atoms with Gasteiger partial charge in [-0.25, -0.2) is 4.79 Å². The average Bonchev–Trinajstić information content (AvgIpc) is 3.07. The van der Waals surface area contributed by atoms with Gasteiger partial charge in [0.15, 0.2) is 0 Å². The lowest BCUT2D eigenvalue weighted by atomic mass is 9.83. The molecule has 1 aromatic rings. The quantitative estimate of drug-likeness (QED) is 0.862. The van der Waals surface area contributed by atoms with Crippen molar-refractivity contribution in [2.45, 2.75) is 58.0 Å². The van der Waals surface area contributed by atoms with E-state index in [9.17, 15) is 14.7 Å². The Morgan fingerprint density at radius 3 is 2.57 bits per heavy atom. The summed E-state index contributed by atoms with van der Waals surface area (Å²) >= 11 is 0. The molecule has 124 valence electrons. The van der Waals surface area contributed by atoms with Crippen molar-refractivity contribution in [2.24, 2.45) is 11.8 Å². The van der Waals surface area contributed by atoms with Crippen LogP contribution >= 0.6 is 0 Å². The summed E-state index contributed by atoms with van der Waals surface area (Å²) < 4.78 is 5.66. The van der Waals surface area contributed by atoms with Gasteiger partial charge in [-0.05, 0) is 57.1 Å². The summed E-state index contributed by atoms with van der Waals surface area (Å²) in [6.45, 7) is 5.77. The number of aliphatic carboxylic acids is 1. The smallest absolute Gasteiger partial charge is 0.348 e. The van der Waals surface area contributed by atoms with E-state index in [0.29, 0.717) is 12.3 Å². The fourth-order valence-electron chi connectivity index (χ4n) is 4.42. The third kappa shape index (κ3) is 2.64. The van der Waals surface area contributed by atoms with Crippen molar-refractivity contribution in [2.75, 3.05) is 0 Å². The molecule has 0 aliphatic heterocycles. The van der Waals surface area contributed by atoms with Crippen molar-refractivity contribution in [3.05, 3.63) is 34.9 Å². The molecule has 1 N–H and O–H groups in total. The number of carboxylic acids is 1. The minimum Gasteiger partial charge on any atom is -0.478 e. The highest BCUT2D eigenvalue weighted by Crippen LogP contribution is 2.53. The maximum absolute atomic E-state index is 12.6. The number of hydrogen-bond donors (Lipinski definition) is 1. The van der Waals surface area contributed by atoms with E-state index < -0.39 is 23.5 Å². The van der Waals surface area contributed by atoms with Gasteiger partial charge in [0.05, 0.1) is 5.92 Å². The van der Waals surface area contributed by atoms with Gasteiger partial charge in [0.25, 0.3) is 0 Å². The van der Waals surface area contributed by atoms with Crippen molar-refractivity contribution in [3.63, 3.8) is 0 Å². The van der Waals surface area contributed by atoms with E-state index in [-0.39, 0.29) is 5.92 Å². The number of ether oxygens (including phenoxy) is 1. The highest BCUT2D eigenvalue weighted by molar-refractivity contribution is 5.85. The van der Waals surface area contributed by atoms with Crippen molar-refractivity contribution in [1.82, 2.24) is 0 Å². The number of carboxylic acid groups (broad SMARTS) is 1. The molecule has 0 amide bonds. The largest absolute Gasteiger partial charge is 0.478 e. The van der Waals surface area contributed by atoms with E-state index in [2.05, 4.69) is 0 Å². The Hall–Kier alpha value is -1.84. The highest BCUT2D eigenvalue weighted by Gasteiger charge is 2.59. The Labute approximate surface area is 136 Å². The minimum absolute atomic E-state index is 0.0275. The lowest BCUT2D eigenvalue weighted by Crippen LogP contribution is -2.48. The number of hydrogen-bond acceptors (Lipinski definition) is 3. The molecule has 23 heavy (non-hydrogen) atoms. The zero-order valence-electron chi connectivity index (χ0n) is 14.0. The number of carbonyl (C=O) groups excluding carboxylic acids is 1. The van der Waals surface area contributed by atoms with Crippen LogP contribution in [0.15, 0.2) is 18.2 Å². The van der Waals surface area contributed by atoms with Gasteiger partial charge in [0.1, 0.15) is 0 Å². The summed E-state index contributed by atoms with van der Waals surface area (Å²) in [4.78, 5) is 24.5. The number of benzene rings is 1. The highest BCUT2D eigenvalue weighted by atomic mass is 16.6. The molecule has 4 heteroatoms. The first-order valence-electron chi connectivity index (χ1n) is 8.37. The van der Waals surface area contributed by atoms with E-state index in [1.165, 1.54) is 0 Å². The van der Waals surface area contributed by atoms with Gasteiger partial charge in [0, 0.05) is 12.3 Å². The van der Waals surface area contributed by atoms with Crippen LogP contribution in [0.25, 0.3) is 0 Å². The second-order valence-electron chi connectivity index (χ2n) is 7.28. The molecule has 2 saturated carbocycles. The predicted octanol–water partition coefficient (Wildman–Crippen LogP) is 3.59. The van der Waals surface area contributed by atoms with E-state index in [0.717, 1.165) is 36.0 Å². The average molecular weight is 316 g/mol. The summed E-state index contributed by atoms with van der Waals surface area (Å²) in [5.74, 6) is -1.50. The van der Waals surface area contributed by atoms with Gasteiger partial charge in [-0.2, -0.15) is 0 Å². The molecule has 4 nitrogen and oxygen atoms in total. The number of rotatable bonds is 4. The number of fused-ring (bicyclic) bond motifs is 2. The molecule has 2 bridgehead atoms. The Morgan fingerprint density at radius 2 is 2.04 bits per heavy atom. The molecular weight excluding hydrogens is 292 g/mol. The Bertz CT molecular complexity index is 651. The topological polar surface area (TPSA) is 63.6 Å². The number of aryl methyl sites for hydroxylation is 2. The molecule has 2 fully saturated rings. The van der Waals surface area contributed by atoms with Crippen molar-refractivity contribution in [1.29, 1.82) is 0 Å². The molecule has 0 radical (unpaired) electrons. The van der Waals surface area contributed by atoms with Crippen LogP contribution in [0, 0.1) is 25.7 Å². The molecule has 0 aromatic heterocycles. The molecule has 0 heterocycles. The lowest BCUT2D eigenvalue weighted by Gasteiger charge is -2.34. The van der Waals surface area contributed by atoms with E-state index in [1.54, 1.807) is 6.92 Å². The van der Waals surface area contributed by atoms with Crippen molar-refractivity contribution < 1.29 is 19.4 Å². The summed E-state index contributed by atoms with van der Waals surface area (Å²) in [5, 5.41) is 9.70. The number of carbonyl (C=O) groups is 2. The SMILES string of the molecule is Cc1ccc(C(C)C(=O)OC2(C(=O)O)CC3CCC2C3)c(C)c1. The van der Waals surface area contributed by atoms with Crippen LogP contribution in [0.1, 0.15) is 55.2 Å². The minimum atomic E-state index is -1.30. The van der Waals surface area contributed by atoms with E-state index in [1.807, 2.05) is 32.0 Å². The van der Waals surface area contributed by atoms with Crippen LogP contribution in [0.2, 0.25) is 0 Å². The zero-order chi connectivity index (χ0) is 16.8. The van der Waals surface area contributed by atoms with Crippen molar-refractivity contribution >= 4 is 11.9 Å². The molecule has 1 aromatic carbocycles. The van der Waals surface area contributed by atoms with Crippen LogP contribution in [0.3, 0.4) is 0 Å². The summed E-state index contributed by atoms with van der Waals surface area (Å²) in [6.07, 6.45) is 3.25. The first kappa shape index (κ1) is 16.0. The van der Waals surface area contributed by atoms with Gasteiger partial charge < -0.3 is 9.84 Å². The van der Waals surface area contributed by atoms with Gasteiger partial charge in [0.2, 0.25) is 5.60 Å². The summed E-state index contributed by atoms with van der Waals surface area (Å²) in [7, 11) is 0. The second kappa shape index (κ2) is 5.66. The Morgan fingerprint density at radius 1 is 1.30 bits per heavy atom. The standard InChI is InChI=1S/C19H24O4/c1-11-4-7-16(12(2)8-11)13(3)17(20)23-19(18(21)22)10-14-5-6-15(19)9-14/h4,7-8,13-15H,5-6,9-10H2,1-3H3,(H,21,22). The molecular formula is C19H24O4. The Balaban J connectivity index is 1.81. The molecule has 0 saturated heterocycles. The molecule has 0 spiro atoms. The van der Waals surface area contributed by atoms with Crippen LogP contribution in [0.5, 0.6) is 0 Å². The van der Waals surface area contributed by atoms with Crippen LogP contribution in [-0.4, -0.2) is 22.6 Å². The van der Waals surface area contributed by atoms with Crippen LogP contribution in [0.4, 0.5) is 0 Å². The monoisotopic (exact) mass is 316 g/mol.